The van der Waals surface area contributed by atoms with Gasteiger partial charge in [-0.05, 0) is 17.5 Å². The van der Waals surface area contributed by atoms with E-state index in [-0.39, 0.29) is 35.8 Å². The molecule has 116 valence electrons. The zero-order valence-electron chi connectivity index (χ0n) is 12.2. The van der Waals surface area contributed by atoms with Crippen LogP contribution in [0.3, 0.4) is 0 Å². The van der Waals surface area contributed by atoms with E-state index >= 15 is 0 Å². The van der Waals surface area contributed by atoms with Crippen molar-refractivity contribution in [3.63, 3.8) is 0 Å². The zero-order chi connectivity index (χ0) is 11.7. The minimum absolute atomic E-state index is 0. The van der Waals surface area contributed by atoms with Crippen LogP contribution < -0.4 is 34.6 Å². The molecule has 0 unspecified atom stereocenters. The summed E-state index contributed by atoms with van der Waals surface area (Å²) in [6, 6.07) is 13.0. The molecule has 0 aromatic heterocycles. The number of hydrogen-bond donors (Lipinski definition) is 1. The van der Waals surface area contributed by atoms with Crippen LogP contribution >= 0.6 is 0 Å². The van der Waals surface area contributed by atoms with Gasteiger partial charge in [0.15, 0.2) is 0 Å². The second-order valence-electron chi connectivity index (χ2n) is 4.58. The maximum Gasteiger partial charge on any atom is 0.140 e. The van der Waals surface area contributed by atoms with E-state index in [0.717, 1.165) is 0 Å². The van der Waals surface area contributed by atoms with Crippen LogP contribution in [-0.2, 0) is 5.48 Å². The van der Waals surface area contributed by atoms with Crippen LogP contribution in [0.1, 0.15) is 0 Å². The van der Waals surface area contributed by atoms with Crippen LogP contribution in [0, 0.1) is 0 Å². The smallest absolute Gasteiger partial charge is 0.140 e. The first kappa shape index (κ1) is 24.0. The molecule has 0 bridgehead atoms. The quantitative estimate of drug-likeness (QED) is 0.549. The number of anilines is 1. The highest BCUT2D eigenvalue weighted by atomic mass is 35.5. The van der Waals surface area contributed by atoms with Crippen LogP contribution in [0.5, 0.6) is 0 Å². The predicted molar refractivity (Wildman–Crippen MR) is 79.2 cm³/mol. The lowest BCUT2D eigenvalue weighted by Crippen LogP contribution is -3.00. The minimum atomic E-state index is 0. The number of fused-ring (bicyclic) bond motifs is 1. The lowest BCUT2D eigenvalue weighted by Gasteiger charge is -2.18. The molecule has 4 nitrogen and oxygen atoms in total. The highest BCUT2D eigenvalue weighted by Crippen LogP contribution is 2.29. The Labute approximate surface area is 132 Å². The maximum atomic E-state index is 2.20. The number of benzene rings is 2. The average Bonchev–Trinajstić information content (AvgIpc) is 2.27. The molecule has 0 aliphatic heterocycles. The van der Waals surface area contributed by atoms with Crippen LogP contribution in [0.2, 0.25) is 0 Å². The Morgan fingerprint density at radius 1 is 0.900 bits per heavy atom. The lowest BCUT2D eigenvalue weighted by atomic mass is 10.1. The van der Waals surface area contributed by atoms with Gasteiger partial charge in [-0.1, -0.05) is 24.3 Å². The molecule has 0 radical (unpaired) electrons. The third-order valence-electron chi connectivity index (χ3n) is 2.90. The first-order valence-electron chi connectivity index (χ1n) is 5.61. The molecule has 20 heavy (non-hydrogen) atoms. The number of quaternary nitrogens is 1. The topological polar surface area (TPSA) is 72.2 Å². The van der Waals surface area contributed by atoms with Gasteiger partial charge in [0, 0.05) is 14.1 Å². The van der Waals surface area contributed by atoms with Gasteiger partial charge >= 0.3 is 0 Å². The normalized spacial score (nSPS) is 8.85. The first-order chi connectivity index (χ1) is 7.61. The Morgan fingerprint density at radius 3 is 1.85 bits per heavy atom. The number of hydrogen-bond acceptors (Lipinski definition) is 1. The maximum absolute atomic E-state index is 2.20. The van der Waals surface area contributed by atoms with Gasteiger partial charge in [0.05, 0.1) is 25.2 Å². The summed E-state index contributed by atoms with van der Waals surface area (Å²) in [5.41, 5.74) is 2.64. The number of halogens is 2. The molecule has 2 aromatic rings. The fourth-order valence-electron chi connectivity index (χ4n) is 2.11. The zero-order valence-corrected chi connectivity index (χ0v) is 13.8. The summed E-state index contributed by atoms with van der Waals surface area (Å²) in [6.07, 6.45) is 0. The summed E-state index contributed by atoms with van der Waals surface area (Å²) in [6.45, 7) is 0. The van der Waals surface area contributed by atoms with Gasteiger partial charge in [0.1, 0.15) is 5.69 Å². The number of nitrogens with one attached hydrogen (secondary N) is 1. The molecular formula is C14H24Cl2N2O2. The molecule has 0 saturated carbocycles. The Morgan fingerprint density at radius 2 is 1.40 bits per heavy atom. The van der Waals surface area contributed by atoms with Gasteiger partial charge in [-0.3, -0.25) is 0 Å². The number of rotatable bonds is 2. The van der Waals surface area contributed by atoms with E-state index in [1.807, 2.05) is 0 Å². The SMILES string of the molecule is CN(C)c1cccc2cccc([NH+](C)C)c12.O.[Cl-].[Cl-].[OH3+]. The van der Waals surface area contributed by atoms with E-state index in [1.54, 1.807) is 0 Å². The van der Waals surface area contributed by atoms with Gasteiger partial charge in [-0.25, -0.2) is 0 Å². The first-order valence-corrected chi connectivity index (χ1v) is 5.61. The molecule has 0 fully saturated rings. The summed E-state index contributed by atoms with van der Waals surface area (Å²) in [5.74, 6) is 0. The van der Waals surface area contributed by atoms with Crippen molar-refractivity contribution in [2.75, 3.05) is 33.1 Å². The summed E-state index contributed by atoms with van der Waals surface area (Å²) < 4.78 is 0. The Hall–Kier alpha value is -1.04. The van der Waals surface area contributed by atoms with Crippen molar-refractivity contribution in [3.05, 3.63) is 36.4 Å². The van der Waals surface area contributed by atoms with E-state index in [4.69, 9.17) is 0 Å². The van der Waals surface area contributed by atoms with Crippen LogP contribution in [0.15, 0.2) is 36.4 Å². The molecule has 0 atom stereocenters. The highest BCUT2D eigenvalue weighted by Gasteiger charge is 2.11. The fraction of sp³-hybridized carbons (Fsp3) is 0.286. The molecule has 0 aliphatic carbocycles. The van der Waals surface area contributed by atoms with Crippen molar-refractivity contribution in [2.45, 2.75) is 0 Å². The van der Waals surface area contributed by atoms with Crippen molar-refractivity contribution < 1.29 is 40.7 Å². The summed E-state index contributed by atoms with van der Waals surface area (Å²) in [4.78, 5) is 3.54. The Kier molecular flexibility index (Phi) is 11.8. The van der Waals surface area contributed by atoms with E-state index in [1.165, 1.54) is 27.0 Å². The van der Waals surface area contributed by atoms with Crippen LogP contribution in [0.25, 0.3) is 10.8 Å². The third kappa shape index (κ3) is 4.51. The fourth-order valence-corrected chi connectivity index (χ4v) is 2.11. The van der Waals surface area contributed by atoms with Crippen molar-refractivity contribution in [1.29, 1.82) is 0 Å². The average molecular weight is 323 g/mol. The third-order valence-corrected chi connectivity index (χ3v) is 2.90. The van der Waals surface area contributed by atoms with Gasteiger partial charge in [-0.15, -0.1) is 0 Å². The van der Waals surface area contributed by atoms with Gasteiger partial charge in [-0.2, -0.15) is 0 Å². The molecule has 0 spiro atoms. The van der Waals surface area contributed by atoms with Crippen LogP contribution in [0.4, 0.5) is 11.4 Å². The van der Waals surface area contributed by atoms with E-state index in [2.05, 4.69) is 69.5 Å². The van der Waals surface area contributed by atoms with Crippen molar-refractivity contribution >= 4 is 22.1 Å². The van der Waals surface area contributed by atoms with Crippen LogP contribution in [-0.4, -0.2) is 33.7 Å². The second kappa shape index (κ2) is 9.80. The minimum Gasteiger partial charge on any atom is -1.00 e. The monoisotopic (exact) mass is 322 g/mol. The van der Waals surface area contributed by atoms with Gasteiger partial charge in [0.2, 0.25) is 0 Å². The second-order valence-corrected chi connectivity index (χ2v) is 4.58. The van der Waals surface area contributed by atoms with Crippen molar-refractivity contribution in [2.24, 2.45) is 0 Å². The van der Waals surface area contributed by atoms with Gasteiger partial charge < -0.3 is 45.6 Å². The Balaban J connectivity index is -0.000000722. The molecule has 0 heterocycles. The molecular weight excluding hydrogens is 299 g/mol. The standard InChI is InChI=1S/C14H18N2.2ClH.2H2O/c1-15(2)12-9-5-7-11-8-6-10-13(14(11)12)16(3)4;;;;/h5-10H,1-4H3;2*1H;2*1H2. The molecule has 2 aromatic carbocycles. The largest absolute Gasteiger partial charge is 1.00 e. The lowest BCUT2D eigenvalue weighted by molar-refractivity contribution is -0.785. The Bertz CT molecular complexity index is 477. The molecule has 2 rings (SSSR count). The summed E-state index contributed by atoms with van der Waals surface area (Å²) in [5, 5.41) is 2.67. The van der Waals surface area contributed by atoms with Gasteiger partial charge in [0.25, 0.3) is 0 Å². The molecule has 0 saturated heterocycles. The van der Waals surface area contributed by atoms with Crippen molar-refractivity contribution in [3.8, 4) is 0 Å². The number of nitrogens with zero attached hydrogens (tertiary/aromatic N) is 1. The molecule has 0 aliphatic rings. The summed E-state index contributed by atoms with van der Waals surface area (Å²) in [7, 11) is 8.52. The predicted octanol–water partition coefficient (Wildman–Crippen LogP) is -6.06. The molecule has 0 amide bonds. The van der Waals surface area contributed by atoms with E-state index < -0.39 is 0 Å². The summed E-state index contributed by atoms with van der Waals surface area (Å²) >= 11 is 0. The highest BCUT2D eigenvalue weighted by molar-refractivity contribution is 6.00. The van der Waals surface area contributed by atoms with E-state index in [9.17, 15) is 0 Å². The van der Waals surface area contributed by atoms with E-state index in [0.29, 0.717) is 0 Å². The molecule has 6 heteroatoms. The molecule has 6 N–H and O–H groups in total. The van der Waals surface area contributed by atoms with Crippen molar-refractivity contribution in [1.82, 2.24) is 0 Å².